The van der Waals surface area contributed by atoms with Crippen LogP contribution in [0.2, 0.25) is 5.15 Å². The Labute approximate surface area is 312 Å². The second kappa shape index (κ2) is 12.9. The van der Waals surface area contributed by atoms with Crippen molar-refractivity contribution in [1.82, 2.24) is 9.97 Å². The van der Waals surface area contributed by atoms with E-state index in [9.17, 15) is 0 Å². The Balaban J connectivity index is 1.18. The number of hydrogen-bond donors (Lipinski definition) is 0. The fraction of sp³-hybridized carbons (Fsp3) is 0. The van der Waals surface area contributed by atoms with E-state index in [0.29, 0.717) is 5.15 Å². The monoisotopic (exact) mass is 694 g/mol. The normalized spacial score (nSPS) is 11.5. The van der Waals surface area contributed by atoms with Crippen molar-refractivity contribution in [2.45, 2.75) is 0 Å². The molecule has 0 aliphatic rings. The Morgan fingerprint density at radius 3 is 1.17 bits per heavy atom. The standard InChI is InChI=1S/C50H31ClN2/c51-46-31-44(33-16-6-2-7-17-33)42-29-28-41-43(32-14-4-1-5-15-32)30-45(52-49(41)50(42)53-46)34-24-26-36(27-25-34)48-39-22-12-10-20-37(39)47(35-18-8-3-9-19-35)38-21-11-13-23-40(38)48/h1-31H. The van der Waals surface area contributed by atoms with Crippen molar-refractivity contribution in [3.8, 4) is 55.8 Å². The summed E-state index contributed by atoms with van der Waals surface area (Å²) < 4.78 is 0. The number of hydrogen-bond acceptors (Lipinski definition) is 2. The predicted molar refractivity (Wildman–Crippen MR) is 224 cm³/mol. The Kier molecular flexibility index (Phi) is 7.56. The molecule has 0 radical (unpaired) electrons. The third kappa shape index (κ3) is 5.35. The number of pyridine rings is 2. The molecule has 2 heterocycles. The van der Waals surface area contributed by atoms with Gasteiger partial charge in [0.2, 0.25) is 0 Å². The predicted octanol–water partition coefficient (Wildman–Crippen LogP) is 14.1. The molecule has 10 aromatic rings. The van der Waals surface area contributed by atoms with Gasteiger partial charge in [-0.25, -0.2) is 9.97 Å². The van der Waals surface area contributed by atoms with Gasteiger partial charge in [-0.15, -0.1) is 0 Å². The van der Waals surface area contributed by atoms with E-state index in [1.807, 2.05) is 24.3 Å². The molecule has 248 valence electrons. The SMILES string of the molecule is Clc1cc(-c2ccccc2)c2ccc3c(-c4ccccc4)cc(-c4ccc(-c5c6ccccc6c(-c6ccccc6)c6ccccc56)cc4)nc3c2n1. The number of benzene rings is 8. The molecule has 0 bridgehead atoms. The summed E-state index contributed by atoms with van der Waals surface area (Å²) in [5.74, 6) is 0. The van der Waals surface area contributed by atoms with Crippen LogP contribution in [0.15, 0.2) is 188 Å². The highest BCUT2D eigenvalue weighted by Crippen LogP contribution is 2.44. The molecule has 2 nitrogen and oxygen atoms in total. The summed E-state index contributed by atoms with van der Waals surface area (Å²) in [5.41, 5.74) is 12.8. The molecule has 3 heteroatoms. The maximum Gasteiger partial charge on any atom is 0.130 e. The van der Waals surface area contributed by atoms with E-state index in [0.717, 1.165) is 60.9 Å². The first-order valence-corrected chi connectivity index (χ1v) is 18.2. The molecule has 0 spiro atoms. The Morgan fingerprint density at radius 1 is 0.302 bits per heavy atom. The molecule has 0 aliphatic heterocycles. The maximum atomic E-state index is 6.75. The van der Waals surface area contributed by atoms with Gasteiger partial charge in [-0.3, -0.25) is 0 Å². The molecule has 0 saturated heterocycles. The summed E-state index contributed by atoms with van der Waals surface area (Å²) >= 11 is 6.75. The van der Waals surface area contributed by atoms with Gasteiger partial charge in [0.05, 0.1) is 16.7 Å². The van der Waals surface area contributed by atoms with Gasteiger partial charge in [0, 0.05) is 16.3 Å². The summed E-state index contributed by atoms with van der Waals surface area (Å²) in [5, 5.41) is 7.45. The van der Waals surface area contributed by atoms with Crippen LogP contribution in [0.3, 0.4) is 0 Å². The number of rotatable bonds is 5. The van der Waals surface area contributed by atoms with E-state index >= 15 is 0 Å². The van der Waals surface area contributed by atoms with E-state index in [-0.39, 0.29) is 0 Å². The van der Waals surface area contributed by atoms with Crippen molar-refractivity contribution in [3.63, 3.8) is 0 Å². The smallest absolute Gasteiger partial charge is 0.130 e. The molecule has 53 heavy (non-hydrogen) atoms. The van der Waals surface area contributed by atoms with Gasteiger partial charge in [0.15, 0.2) is 0 Å². The fourth-order valence-electron chi connectivity index (χ4n) is 7.97. The van der Waals surface area contributed by atoms with Crippen molar-refractivity contribution in [2.24, 2.45) is 0 Å². The van der Waals surface area contributed by atoms with E-state index < -0.39 is 0 Å². The lowest BCUT2D eigenvalue weighted by Gasteiger charge is -2.18. The highest BCUT2D eigenvalue weighted by atomic mass is 35.5. The third-order valence-corrected chi connectivity index (χ3v) is 10.6. The van der Waals surface area contributed by atoms with Crippen LogP contribution in [-0.4, -0.2) is 9.97 Å². The van der Waals surface area contributed by atoms with Crippen molar-refractivity contribution in [3.05, 3.63) is 193 Å². The molecule has 0 amide bonds. The second-order valence-corrected chi connectivity index (χ2v) is 13.8. The number of halogens is 1. The van der Waals surface area contributed by atoms with E-state index in [1.54, 1.807) is 0 Å². The molecular weight excluding hydrogens is 664 g/mol. The Hall–Kier alpha value is -6.61. The van der Waals surface area contributed by atoms with Gasteiger partial charge >= 0.3 is 0 Å². The summed E-state index contributed by atoms with van der Waals surface area (Å²) in [4.78, 5) is 10.3. The highest BCUT2D eigenvalue weighted by molar-refractivity contribution is 6.31. The Bertz CT molecular complexity index is 2920. The van der Waals surface area contributed by atoms with Crippen molar-refractivity contribution >= 4 is 55.0 Å². The summed E-state index contributed by atoms with van der Waals surface area (Å²) in [6, 6.07) is 66.5. The van der Waals surface area contributed by atoms with Gasteiger partial charge in [0.25, 0.3) is 0 Å². The van der Waals surface area contributed by atoms with Gasteiger partial charge < -0.3 is 0 Å². The fourth-order valence-corrected chi connectivity index (χ4v) is 8.16. The van der Waals surface area contributed by atoms with E-state index in [4.69, 9.17) is 21.6 Å². The minimum absolute atomic E-state index is 0.444. The van der Waals surface area contributed by atoms with Crippen molar-refractivity contribution < 1.29 is 0 Å². The minimum atomic E-state index is 0.444. The quantitative estimate of drug-likeness (QED) is 0.102. The summed E-state index contributed by atoms with van der Waals surface area (Å²) in [6.45, 7) is 0. The van der Waals surface area contributed by atoms with Crippen molar-refractivity contribution in [2.75, 3.05) is 0 Å². The van der Waals surface area contributed by atoms with Crippen LogP contribution in [-0.2, 0) is 0 Å². The lowest BCUT2D eigenvalue weighted by Crippen LogP contribution is -1.94. The zero-order chi connectivity index (χ0) is 35.3. The number of nitrogens with zero attached hydrogens (tertiary/aromatic N) is 2. The molecule has 0 atom stereocenters. The molecule has 0 N–H and O–H groups in total. The zero-order valence-electron chi connectivity index (χ0n) is 28.7. The first kappa shape index (κ1) is 31.2. The first-order valence-electron chi connectivity index (χ1n) is 17.9. The molecule has 0 saturated carbocycles. The number of aromatic nitrogens is 2. The topological polar surface area (TPSA) is 25.8 Å². The molecular formula is C50H31ClN2. The largest absolute Gasteiger partial charge is 0.245 e. The first-order chi connectivity index (χ1) is 26.2. The molecule has 2 aromatic heterocycles. The molecule has 8 aromatic carbocycles. The van der Waals surface area contributed by atoms with Crippen LogP contribution in [0.4, 0.5) is 0 Å². The van der Waals surface area contributed by atoms with E-state index in [1.165, 1.54) is 38.2 Å². The molecule has 0 fully saturated rings. The maximum absolute atomic E-state index is 6.75. The average Bonchev–Trinajstić information content (AvgIpc) is 3.23. The molecule has 10 rings (SSSR count). The minimum Gasteiger partial charge on any atom is -0.245 e. The summed E-state index contributed by atoms with van der Waals surface area (Å²) in [7, 11) is 0. The van der Waals surface area contributed by atoms with Gasteiger partial charge in [0.1, 0.15) is 5.15 Å². The lowest BCUT2D eigenvalue weighted by molar-refractivity contribution is 1.37. The summed E-state index contributed by atoms with van der Waals surface area (Å²) in [6.07, 6.45) is 0. The number of fused-ring (bicyclic) bond motifs is 5. The molecule has 0 unspecified atom stereocenters. The van der Waals surface area contributed by atoms with E-state index in [2.05, 4.69) is 164 Å². The van der Waals surface area contributed by atoms with Crippen LogP contribution in [0.1, 0.15) is 0 Å². The highest BCUT2D eigenvalue weighted by Gasteiger charge is 2.18. The molecule has 0 aliphatic carbocycles. The average molecular weight is 695 g/mol. The van der Waals surface area contributed by atoms with Crippen LogP contribution in [0, 0.1) is 0 Å². The van der Waals surface area contributed by atoms with Gasteiger partial charge in [-0.05, 0) is 78.2 Å². The van der Waals surface area contributed by atoms with Crippen molar-refractivity contribution in [1.29, 1.82) is 0 Å². The lowest BCUT2D eigenvalue weighted by atomic mass is 9.86. The van der Waals surface area contributed by atoms with Crippen LogP contribution in [0.25, 0.3) is 99.1 Å². The second-order valence-electron chi connectivity index (χ2n) is 13.4. The Morgan fingerprint density at radius 2 is 0.679 bits per heavy atom. The third-order valence-electron chi connectivity index (χ3n) is 10.4. The van der Waals surface area contributed by atoms with Crippen LogP contribution < -0.4 is 0 Å². The van der Waals surface area contributed by atoms with Crippen LogP contribution >= 0.6 is 11.6 Å². The van der Waals surface area contributed by atoms with Gasteiger partial charge in [-0.1, -0.05) is 188 Å². The zero-order valence-corrected chi connectivity index (χ0v) is 29.4. The van der Waals surface area contributed by atoms with Gasteiger partial charge in [-0.2, -0.15) is 0 Å². The van der Waals surface area contributed by atoms with Crippen LogP contribution in [0.5, 0.6) is 0 Å².